The number of anilines is 1. The Bertz CT molecular complexity index is 663. The maximum atomic E-state index is 12.6. The SMILES string of the molecule is O=C(O)CC1(NC(=O)c2ccc(N3CCCC3=O)cc2)CCCCC1. The van der Waals surface area contributed by atoms with E-state index in [9.17, 15) is 19.5 Å². The van der Waals surface area contributed by atoms with Crippen LogP contribution in [0.1, 0.15) is 61.7 Å². The topological polar surface area (TPSA) is 86.7 Å². The van der Waals surface area contributed by atoms with Gasteiger partial charge < -0.3 is 15.3 Å². The summed E-state index contributed by atoms with van der Waals surface area (Å²) in [7, 11) is 0. The van der Waals surface area contributed by atoms with Crippen LogP contribution in [0.4, 0.5) is 5.69 Å². The summed E-state index contributed by atoms with van der Waals surface area (Å²) in [5.74, 6) is -1.02. The number of nitrogens with zero attached hydrogens (tertiary/aromatic N) is 1. The van der Waals surface area contributed by atoms with Crippen molar-refractivity contribution in [3.63, 3.8) is 0 Å². The fourth-order valence-corrected chi connectivity index (χ4v) is 3.89. The fourth-order valence-electron chi connectivity index (χ4n) is 3.89. The monoisotopic (exact) mass is 344 g/mol. The van der Waals surface area contributed by atoms with E-state index in [4.69, 9.17) is 0 Å². The zero-order valence-electron chi connectivity index (χ0n) is 14.3. The first-order valence-electron chi connectivity index (χ1n) is 8.94. The van der Waals surface area contributed by atoms with Gasteiger partial charge in [0.2, 0.25) is 5.91 Å². The number of hydrogen-bond donors (Lipinski definition) is 2. The lowest BCUT2D eigenvalue weighted by atomic mass is 9.79. The lowest BCUT2D eigenvalue weighted by Gasteiger charge is -2.37. The molecule has 0 spiro atoms. The van der Waals surface area contributed by atoms with Gasteiger partial charge in [-0.1, -0.05) is 19.3 Å². The maximum absolute atomic E-state index is 12.6. The predicted octanol–water partition coefficient (Wildman–Crippen LogP) is 2.72. The molecule has 1 aliphatic carbocycles. The highest BCUT2D eigenvalue weighted by molar-refractivity contribution is 5.98. The quantitative estimate of drug-likeness (QED) is 0.860. The zero-order valence-corrected chi connectivity index (χ0v) is 14.3. The van der Waals surface area contributed by atoms with Crippen LogP contribution in [0.25, 0.3) is 0 Å². The Morgan fingerprint density at radius 3 is 2.32 bits per heavy atom. The van der Waals surface area contributed by atoms with Crippen molar-refractivity contribution in [2.24, 2.45) is 0 Å². The number of carbonyl (C=O) groups is 3. The Morgan fingerprint density at radius 2 is 1.76 bits per heavy atom. The van der Waals surface area contributed by atoms with Crippen LogP contribution in [-0.4, -0.2) is 35.0 Å². The summed E-state index contributed by atoms with van der Waals surface area (Å²) in [5, 5.41) is 12.2. The molecule has 2 aliphatic rings. The van der Waals surface area contributed by atoms with Gasteiger partial charge in [0, 0.05) is 24.2 Å². The number of rotatable bonds is 5. The molecular formula is C19H24N2O4. The number of carbonyl (C=O) groups excluding carboxylic acids is 2. The molecule has 3 rings (SSSR count). The number of hydrogen-bond acceptors (Lipinski definition) is 3. The molecule has 0 radical (unpaired) electrons. The number of nitrogens with one attached hydrogen (secondary N) is 1. The van der Waals surface area contributed by atoms with E-state index in [0.717, 1.165) is 31.4 Å². The number of benzene rings is 1. The van der Waals surface area contributed by atoms with Crippen LogP contribution in [0.3, 0.4) is 0 Å². The van der Waals surface area contributed by atoms with Crippen molar-refractivity contribution in [3.8, 4) is 0 Å². The van der Waals surface area contributed by atoms with Crippen molar-refractivity contribution in [3.05, 3.63) is 29.8 Å². The second-order valence-corrected chi connectivity index (χ2v) is 7.06. The molecule has 1 saturated heterocycles. The molecule has 0 atom stereocenters. The van der Waals surface area contributed by atoms with E-state index in [1.165, 1.54) is 0 Å². The van der Waals surface area contributed by atoms with Gasteiger partial charge in [-0.15, -0.1) is 0 Å². The smallest absolute Gasteiger partial charge is 0.305 e. The van der Waals surface area contributed by atoms with Gasteiger partial charge >= 0.3 is 5.97 Å². The number of amides is 2. The van der Waals surface area contributed by atoms with Gasteiger partial charge in [-0.2, -0.15) is 0 Å². The second kappa shape index (κ2) is 7.25. The van der Waals surface area contributed by atoms with Crippen LogP contribution >= 0.6 is 0 Å². The average molecular weight is 344 g/mol. The number of carboxylic acid groups (broad SMARTS) is 1. The Morgan fingerprint density at radius 1 is 1.08 bits per heavy atom. The Kier molecular flexibility index (Phi) is 5.06. The summed E-state index contributed by atoms with van der Waals surface area (Å²) >= 11 is 0. The number of carboxylic acids is 1. The minimum atomic E-state index is -0.884. The van der Waals surface area contributed by atoms with Crippen molar-refractivity contribution in [1.29, 1.82) is 0 Å². The van der Waals surface area contributed by atoms with Gasteiger partial charge in [0.25, 0.3) is 5.91 Å². The van der Waals surface area contributed by atoms with Gasteiger partial charge in [0.05, 0.1) is 12.0 Å². The van der Waals surface area contributed by atoms with Gasteiger partial charge in [-0.25, -0.2) is 0 Å². The van der Waals surface area contributed by atoms with E-state index in [-0.39, 0.29) is 18.2 Å². The zero-order chi connectivity index (χ0) is 17.9. The highest BCUT2D eigenvalue weighted by atomic mass is 16.4. The molecule has 0 aromatic heterocycles. The first-order chi connectivity index (χ1) is 12.0. The van der Waals surface area contributed by atoms with Crippen LogP contribution in [0.15, 0.2) is 24.3 Å². The third kappa shape index (κ3) is 4.00. The highest BCUT2D eigenvalue weighted by Gasteiger charge is 2.36. The first-order valence-corrected chi connectivity index (χ1v) is 8.94. The summed E-state index contributed by atoms with van der Waals surface area (Å²) in [6, 6.07) is 6.97. The molecule has 1 aliphatic heterocycles. The van der Waals surface area contributed by atoms with Crippen LogP contribution in [-0.2, 0) is 9.59 Å². The molecule has 1 saturated carbocycles. The Labute approximate surface area is 147 Å². The van der Waals surface area contributed by atoms with Crippen molar-refractivity contribution in [2.75, 3.05) is 11.4 Å². The molecule has 1 heterocycles. The molecule has 0 unspecified atom stereocenters. The predicted molar refractivity (Wildman–Crippen MR) is 93.6 cm³/mol. The van der Waals surface area contributed by atoms with Gasteiger partial charge in [0.1, 0.15) is 0 Å². The second-order valence-electron chi connectivity index (χ2n) is 7.06. The van der Waals surface area contributed by atoms with E-state index >= 15 is 0 Å². The van der Waals surface area contributed by atoms with Crippen LogP contribution in [0.5, 0.6) is 0 Å². The van der Waals surface area contributed by atoms with E-state index in [2.05, 4.69) is 5.32 Å². The van der Waals surface area contributed by atoms with Crippen molar-refractivity contribution in [2.45, 2.75) is 56.9 Å². The molecule has 2 fully saturated rings. The molecule has 2 amide bonds. The highest BCUT2D eigenvalue weighted by Crippen LogP contribution is 2.31. The lowest BCUT2D eigenvalue weighted by Crippen LogP contribution is -2.51. The Balaban J connectivity index is 1.71. The summed E-state index contributed by atoms with van der Waals surface area (Å²) in [5.41, 5.74) is 0.646. The average Bonchev–Trinajstić information content (AvgIpc) is 3.01. The standard InChI is InChI=1S/C19H24N2O4/c22-16-5-4-12-21(16)15-8-6-14(7-9-15)18(25)20-19(13-17(23)24)10-2-1-3-11-19/h6-9H,1-5,10-13H2,(H,20,25)(H,23,24). The largest absolute Gasteiger partial charge is 0.481 e. The van der Waals surface area contributed by atoms with E-state index < -0.39 is 11.5 Å². The minimum absolute atomic E-state index is 0.0426. The molecule has 1 aromatic rings. The molecule has 1 aromatic carbocycles. The van der Waals surface area contributed by atoms with E-state index in [1.807, 2.05) is 0 Å². The number of aliphatic carboxylic acids is 1. The summed E-state index contributed by atoms with van der Waals surface area (Å²) in [4.78, 5) is 37.4. The van der Waals surface area contributed by atoms with Crippen molar-refractivity contribution in [1.82, 2.24) is 5.32 Å². The molecule has 134 valence electrons. The third-order valence-corrected chi connectivity index (χ3v) is 5.19. The summed E-state index contributed by atoms with van der Waals surface area (Å²) in [6.07, 6.45) is 5.73. The summed E-state index contributed by atoms with van der Waals surface area (Å²) in [6.45, 7) is 0.714. The molecule has 2 N–H and O–H groups in total. The molecule has 25 heavy (non-hydrogen) atoms. The van der Waals surface area contributed by atoms with Gasteiger partial charge in [0.15, 0.2) is 0 Å². The normalized spacial score (nSPS) is 19.7. The molecule has 6 heteroatoms. The van der Waals surface area contributed by atoms with E-state index in [1.54, 1.807) is 29.2 Å². The first kappa shape index (κ1) is 17.5. The van der Waals surface area contributed by atoms with Crippen LogP contribution < -0.4 is 10.2 Å². The van der Waals surface area contributed by atoms with Gasteiger partial charge in [-0.05, 0) is 43.5 Å². The van der Waals surface area contributed by atoms with Crippen LogP contribution in [0.2, 0.25) is 0 Å². The van der Waals surface area contributed by atoms with Crippen molar-refractivity contribution >= 4 is 23.5 Å². The van der Waals surface area contributed by atoms with Crippen LogP contribution in [0, 0.1) is 0 Å². The minimum Gasteiger partial charge on any atom is -0.481 e. The van der Waals surface area contributed by atoms with Gasteiger partial charge in [-0.3, -0.25) is 14.4 Å². The lowest BCUT2D eigenvalue weighted by molar-refractivity contribution is -0.139. The molecule has 6 nitrogen and oxygen atoms in total. The molecule has 0 bridgehead atoms. The fraction of sp³-hybridized carbons (Fsp3) is 0.526. The molecular weight excluding hydrogens is 320 g/mol. The third-order valence-electron chi connectivity index (χ3n) is 5.19. The summed E-state index contributed by atoms with van der Waals surface area (Å²) < 4.78 is 0. The maximum Gasteiger partial charge on any atom is 0.305 e. The van der Waals surface area contributed by atoms with E-state index in [0.29, 0.717) is 31.4 Å². The van der Waals surface area contributed by atoms with Crippen molar-refractivity contribution < 1.29 is 19.5 Å². The Hall–Kier alpha value is -2.37.